The van der Waals surface area contributed by atoms with E-state index in [9.17, 15) is 4.79 Å². The Morgan fingerprint density at radius 2 is 1.97 bits per heavy atom. The number of nitrogens with one attached hydrogen (secondary N) is 3. The number of tetrazole rings is 1. The Balaban J connectivity index is 1.66. The summed E-state index contributed by atoms with van der Waals surface area (Å²) in [5, 5.41) is 17.6. The van der Waals surface area contributed by atoms with Crippen LogP contribution in [-0.4, -0.2) is 55.7 Å². The van der Waals surface area contributed by atoms with Crippen molar-refractivity contribution in [2.45, 2.75) is 12.5 Å². The zero-order valence-corrected chi connectivity index (χ0v) is 15.7. The molecule has 0 spiro atoms. The molecule has 0 saturated heterocycles. The lowest BCUT2D eigenvalue weighted by molar-refractivity contribution is 0.0932. The number of amides is 1. The molecule has 1 atom stereocenters. The Hall–Kier alpha value is -4.02. The van der Waals surface area contributed by atoms with E-state index < -0.39 is 6.04 Å². The van der Waals surface area contributed by atoms with E-state index in [-0.39, 0.29) is 17.6 Å². The number of fused-ring (bicyclic) bond motifs is 1. The molecule has 3 aromatic heterocycles. The zero-order chi connectivity index (χ0) is 20.2. The summed E-state index contributed by atoms with van der Waals surface area (Å²) in [6, 6.07) is 8.81. The number of hydrogen-bond donors (Lipinski definition) is 3. The smallest absolute Gasteiger partial charge is 0.318 e. The van der Waals surface area contributed by atoms with Crippen molar-refractivity contribution in [1.82, 2.24) is 40.9 Å². The van der Waals surface area contributed by atoms with E-state index in [0.717, 1.165) is 5.56 Å². The van der Waals surface area contributed by atoms with E-state index >= 15 is 0 Å². The molecule has 11 heteroatoms. The van der Waals surface area contributed by atoms with Crippen LogP contribution in [0.3, 0.4) is 0 Å². The Bertz CT molecular complexity index is 1110. The van der Waals surface area contributed by atoms with Crippen LogP contribution >= 0.6 is 0 Å². The van der Waals surface area contributed by atoms with Crippen LogP contribution in [0, 0.1) is 0 Å². The highest BCUT2D eigenvalue weighted by Crippen LogP contribution is 2.22. The Morgan fingerprint density at radius 1 is 1.14 bits per heavy atom. The van der Waals surface area contributed by atoms with Gasteiger partial charge in [-0.05, 0) is 23.8 Å². The van der Waals surface area contributed by atoms with E-state index in [0.29, 0.717) is 29.0 Å². The molecular weight excluding hydrogens is 376 g/mol. The molecule has 1 amide bonds. The zero-order valence-electron chi connectivity index (χ0n) is 15.7. The molecule has 0 bridgehead atoms. The van der Waals surface area contributed by atoms with Gasteiger partial charge in [-0.25, -0.2) is 0 Å². The molecular formula is C18H18N8O3. The van der Waals surface area contributed by atoms with Gasteiger partial charge in [0.15, 0.2) is 5.82 Å². The Kier molecular flexibility index (Phi) is 5.01. The summed E-state index contributed by atoms with van der Waals surface area (Å²) >= 11 is 0. The molecule has 11 nitrogen and oxygen atoms in total. The third kappa shape index (κ3) is 3.83. The summed E-state index contributed by atoms with van der Waals surface area (Å²) < 4.78 is 10.3. The van der Waals surface area contributed by atoms with E-state index in [4.69, 9.17) is 9.47 Å². The lowest BCUT2D eigenvalue weighted by Gasteiger charge is -2.18. The minimum atomic E-state index is -0.416. The van der Waals surface area contributed by atoms with Crippen LogP contribution in [0.4, 0.5) is 0 Å². The maximum absolute atomic E-state index is 13.1. The monoisotopic (exact) mass is 394 g/mol. The van der Waals surface area contributed by atoms with Crippen molar-refractivity contribution in [3.8, 4) is 11.8 Å². The van der Waals surface area contributed by atoms with Gasteiger partial charge < -0.3 is 19.8 Å². The molecule has 29 heavy (non-hydrogen) atoms. The highest BCUT2D eigenvalue weighted by molar-refractivity contribution is 6.04. The lowest BCUT2D eigenvalue weighted by Crippen LogP contribution is -2.31. The highest BCUT2D eigenvalue weighted by atomic mass is 16.5. The van der Waals surface area contributed by atoms with Gasteiger partial charge in [0.1, 0.15) is 17.1 Å². The lowest BCUT2D eigenvalue weighted by atomic mass is 10.0. The van der Waals surface area contributed by atoms with Gasteiger partial charge >= 0.3 is 6.01 Å². The standard InChI is InChI=1S/C18H18N8O3/c1-28-11-5-3-10(4-6-11)13(9-14-23-25-26-24-14)20-17(27)15-12-7-8-19-16(12)22-18(21-15)29-2/h3-8,13H,9H2,1-2H3,(H,20,27)(H,19,21,22)(H,23,24,25,26)/t13-/m1/s1. The Morgan fingerprint density at radius 3 is 2.66 bits per heavy atom. The van der Waals surface area contributed by atoms with E-state index in [1.54, 1.807) is 19.4 Å². The van der Waals surface area contributed by atoms with Crippen molar-refractivity contribution in [1.29, 1.82) is 0 Å². The molecule has 0 aliphatic rings. The molecule has 0 unspecified atom stereocenters. The van der Waals surface area contributed by atoms with E-state index in [2.05, 4.69) is 40.9 Å². The molecule has 1 aromatic carbocycles. The van der Waals surface area contributed by atoms with Crippen LogP contribution in [0.15, 0.2) is 36.5 Å². The van der Waals surface area contributed by atoms with Crippen molar-refractivity contribution < 1.29 is 14.3 Å². The minimum Gasteiger partial charge on any atom is -0.497 e. The average Bonchev–Trinajstić information content (AvgIpc) is 3.44. The molecule has 3 N–H and O–H groups in total. The first-order chi connectivity index (χ1) is 14.2. The predicted molar refractivity (Wildman–Crippen MR) is 102 cm³/mol. The molecule has 0 radical (unpaired) electrons. The second-order valence-corrected chi connectivity index (χ2v) is 6.13. The molecule has 4 rings (SSSR count). The number of ether oxygens (including phenoxy) is 2. The number of nitrogens with zero attached hydrogens (tertiary/aromatic N) is 5. The number of H-pyrrole nitrogens is 2. The maximum Gasteiger partial charge on any atom is 0.318 e. The summed E-state index contributed by atoms with van der Waals surface area (Å²) in [6.07, 6.45) is 2.03. The molecule has 148 valence electrons. The van der Waals surface area contributed by atoms with Gasteiger partial charge in [-0.1, -0.05) is 17.3 Å². The van der Waals surface area contributed by atoms with Gasteiger partial charge in [0.05, 0.1) is 25.6 Å². The van der Waals surface area contributed by atoms with E-state index in [1.165, 1.54) is 7.11 Å². The topological polar surface area (TPSA) is 144 Å². The quantitative estimate of drug-likeness (QED) is 0.424. The van der Waals surface area contributed by atoms with Crippen LogP contribution in [-0.2, 0) is 6.42 Å². The van der Waals surface area contributed by atoms with Gasteiger partial charge in [-0.2, -0.15) is 15.2 Å². The van der Waals surface area contributed by atoms with Crippen molar-refractivity contribution in [3.63, 3.8) is 0 Å². The number of methoxy groups -OCH3 is 2. The number of aromatic amines is 2. The van der Waals surface area contributed by atoms with E-state index in [1.807, 2.05) is 24.3 Å². The number of carbonyl (C=O) groups is 1. The van der Waals surface area contributed by atoms with Crippen molar-refractivity contribution in [2.75, 3.05) is 14.2 Å². The minimum absolute atomic E-state index is 0.101. The number of benzene rings is 1. The maximum atomic E-state index is 13.1. The van der Waals surface area contributed by atoms with Crippen LogP contribution in [0.5, 0.6) is 11.8 Å². The molecule has 0 fully saturated rings. The van der Waals surface area contributed by atoms with Gasteiger partial charge in [0, 0.05) is 12.6 Å². The molecule has 0 saturated carbocycles. The predicted octanol–water partition coefficient (Wildman–Crippen LogP) is 1.20. The fourth-order valence-electron chi connectivity index (χ4n) is 2.95. The summed E-state index contributed by atoms with van der Waals surface area (Å²) in [4.78, 5) is 24.5. The van der Waals surface area contributed by atoms with Gasteiger partial charge in [0.25, 0.3) is 5.91 Å². The summed E-state index contributed by atoms with van der Waals surface area (Å²) in [6.45, 7) is 0. The first kappa shape index (κ1) is 18.3. The average molecular weight is 394 g/mol. The van der Waals surface area contributed by atoms with Crippen LogP contribution in [0.25, 0.3) is 11.0 Å². The van der Waals surface area contributed by atoms with Crippen LogP contribution in [0.2, 0.25) is 0 Å². The number of rotatable bonds is 7. The number of carbonyl (C=O) groups excluding carboxylic acids is 1. The van der Waals surface area contributed by atoms with Crippen LogP contribution < -0.4 is 14.8 Å². The second kappa shape index (κ2) is 7.92. The van der Waals surface area contributed by atoms with Crippen molar-refractivity contribution >= 4 is 16.9 Å². The molecule has 3 heterocycles. The van der Waals surface area contributed by atoms with Gasteiger partial charge in [-0.15, -0.1) is 10.2 Å². The fraction of sp³-hybridized carbons (Fsp3) is 0.222. The Labute approximate surface area is 164 Å². The summed E-state index contributed by atoms with van der Waals surface area (Å²) in [7, 11) is 3.04. The first-order valence-electron chi connectivity index (χ1n) is 8.74. The van der Waals surface area contributed by atoms with Crippen molar-refractivity contribution in [3.05, 3.63) is 53.6 Å². The largest absolute Gasteiger partial charge is 0.497 e. The third-order valence-electron chi connectivity index (χ3n) is 4.39. The third-order valence-corrected chi connectivity index (χ3v) is 4.39. The second-order valence-electron chi connectivity index (χ2n) is 6.13. The molecule has 4 aromatic rings. The van der Waals surface area contributed by atoms with Gasteiger partial charge in [-0.3, -0.25) is 4.79 Å². The first-order valence-corrected chi connectivity index (χ1v) is 8.74. The SMILES string of the molecule is COc1ccc([C@@H](Cc2nn[nH]n2)NC(=O)c2nc(OC)nc3[nH]ccc23)cc1. The van der Waals surface area contributed by atoms with Crippen LogP contribution in [0.1, 0.15) is 27.9 Å². The fourth-order valence-corrected chi connectivity index (χ4v) is 2.95. The van der Waals surface area contributed by atoms with Crippen molar-refractivity contribution in [2.24, 2.45) is 0 Å². The molecule has 0 aliphatic heterocycles. The summed E-state index contributed by atoms with van der Waals surface area (Å²) in [5.74, 6) is 0.811. The highest BCUT2D eigenvalue weighted by Gasteiger charge is 2.22. The molecule has 0 aliphatic carbocycles. The number of hydrogen-bond acceptors (Lipinski definition) is 8. The number of aromatic nitrogens is 7. The normalized spacial score (nSPS) is 11.9. The summed E-state index contributed by atoms with van der Waals surface area (Å²) in [5.41, 5.74) is 1.58. The van der Waals surface area contributed by atoms with Gasteiger partial charge in [0.2, 0.25) is 0 Å².